The van der Waals surface area contributed by atoms with Crippen molar-refractivity contribution < 1.29 is 22.1 Å². The fourth-order valence-electron chi connectivity index (χ4n) is 1.46. The van der Waals surface area contributed by atoms with Gasteiger partial charge in [0.05, 0.1) is 4.90 Å². The highest BCUT2D eigenvalue weighted by atomic mass is 32.2. The fraction of sp³-hybridized carbons (Fsp3) is 0.250. The quantitative estimate of drug-likeness (QED) is 0.614. The van der Waals surface area contributed by atoms with E-state index in [1.165, 1.54) is 18.2 Å². The van der Waals surface area contributed by atoms with E-state index in [-0.39, 0.29) is 4.90 Å². The molecule has 0 aromatic heterocycles. The average molecular weight is 268 g/mol. The predicted octanol–water partition coefficient (Wildman–Crippen LogP) is 1.53. The Morgan fingerprint density at radius 3 is 2.28 bits per heavy atom. The van der Waals surface area contributed by atoms with E-state index in [0.29, 0.717) is 5.57 Å². The molecule has 1 aliphatic heterocycles. The number of cyclic esters (lactones) is 1. The molecule has 0 fully saturated rings. The van der Waals surface area contributed by atoms with Gasteiger partial charge in [-0.3, -0.25) is 0 Å². The first-order valence-corrected chi connectivity index (χ1v) is 6.68. The first kappa shape index (κ1) is 12.8. The fourth-order valence-corrected chi connectivity index (χ4v) is 2.46. The summed E-state index contributed by atoms with van der Waals surface area (Å²) in [7, 11) is -3.93. The molecule has 2 rings (SSSR count). The van der Waals surface area contributed by atoms with Crippen LogP contribution >= 0.6 is 0 Å². The lowest BCUT2D eigenvalue weighted by Gasteiger charge is -2.12. The molecule has 1 aromatic rings. The Labute approximate surface area is 105 Å². The molecule has 6 heteroatoms. The molecule has 1 heterocycles. The number of hydrogen-bond acceptors (Lipinski definition) is 5. The highest BCUT2D eigenvalue weighted by molar-refractivity contribution is 7.86. The lowest BCUT2D eigenvalue weighted by molar-refractivity contribution is -0.148. The largest absolute Gasteiger partial charge is 0.427 e. The summed E-state index contributed by atoms with van der Waals surface area (Å²) in [4.78, 5) is 11.0. The maximum Gasteiger partial charge on any atom is 0.333 e. The number of carbonyl (C=O) groups is 1. The summed E-state index contributed by atoms with van der Waals surface area (Å²) in [5, 5.41) is 0. The minimum Gasteiger partial charge on any atom is -0.427 e. The van der Waals surface area contributed by atoms with Crippen LogP contribution in [-0.4, -0.2) is 20.7 Å². The lowest BCUT2D eigenvalue weighted by atomic mass is 10.2. The van der Waals surface area contributed by atoms with E-state index in [9.17, 15) is 13.2 Å². The number of ether oxygens (including phenoxy) is 1. The van der Waals surface area contributed by atoms with E-state index >= 15 is 0 Å². The molecule has 0 saturated heterocycles. The van der Waals surface area contributed by atoms with Crippen molar-refractivity contribution in [3.05, 3.63) is 41.5 Å². The number of esters is 1. The molecule has 0 amide bonds. The molecule has 18 heavy (non-hydrogen) atoms. The van der Waals surface area contributed by atoms with Crippen LogP contribution in [0.3, 0.4) is 0 Å². The Morgan fingerprint density at radius 2 is 1.78 bits per heavy atom. The lowest BCUT2D eigenvalue weighted by Crippen LogP contribution is -2.20. The van der Waals surface area contributed by atoms with Crippen molar-refractivity contribution in [2.75, 3.05) is 0 Å². The van der Waals surface area contributed by atoms with Gasteiger partial charge in [-0.25, -0.2) is 8.98 Å². The molecule has 1 aliphatic rings. The standard InChI is InChI=1S/C12H12O5S/c1-8-3-5-10(6-4-8)18(14,15)17-12-9(2)7-11(13)16-12/h3-7,12H,1-2H3. The summed E-state index contributed by atoms with van der Waals surface area (Å²) < 4.78 is 33.4. The SMILES string of the molecule is CC1=CC(=O)OC1OS(=O)(=O)c1ccc(C)cc1. The number of carbonyl (C=O) groups excluding carboxylic acids is 1. The maximum atomic E-state index is 11.9. The molecule has 96 valence electrons. The zero-order chi connectivity index (χ0) is 13.3. The molecule has 1 atom stereocenters. The molecule has 5 nitrogen and oxygen atoms in total. The van der Waals surface area contributed by atoms with Crippen LogP contribution in [0.5, 0.6) is 0 Å². The van der Waals surface area contributed by atoms with Gasteiger partial charge in [0.1, 0.15) is 0 Å². The van der Waals surface area contributed by atoms with Gasteiger partial charge in [-0.2, -0.15) is 8.42 Å². The molecular formula is C12H12O5S. The summed E-state index contributed by atoms with van der Waals surface area (Å²) in [6.07, 6.45) is 0.0406. The summed E-state index contributed by atoms with van der Waals surface area (Å²) in [6, 6.07) is 6.22. The van der Waals surface area contributed by atoms with Gasteiger partial charge in [-0.05, 0) is 26.0 Å². The minimum atomic E-state index is -3.93. The Morgan fingerprint density at radius 1 is 1.17 bits per heavy atom. The van der Waals surface area contributed by atoms with Crippen molar-refractivity contribution in [1.29, 1.82) is 0 Å². The zero-order valence-corrected chi connectivity index (χ0v) is 10.7. The van der Waals surface area contributed by atoms with Gasteiger partial charge >= 0.3 is 16.1 Å². The van der Waals surface area contributed by atoms with Gasteiger partial charge in [0.15, 0.2) is 0 Å². The van der Waals surface area contributed by atoms with Crippen molar-refractivity contribution in [2.45, 2.75) is 25.0 Å². The van der Waals surface area contributed by atoms with E-state index in [4.69, 9.17) is 8.92 Å². The van der Waals surface area contributed by atoms with Crippen molar-refractivity contribution in [3.63, 3.8) is 0 Å². The van der Waals surface area contributed by atoms with E-state index in [2.05, 4.69) is 0 Å². The Hall–Kier alpha value is -1.66. The van der Waals surface area contributed by atoms with Crippen molar-refractivity contribution >= 4 is 16.1 Å². The predicted molar refractivity (Wildman–Crippen MR) is 63.1 cm³/mol. The normalized spacial score (nSPS) is 19.6. The summed E-state index contributed by atoms with van der Waals surface area (Å²) in [6.45, 7) is 3.42. The summed E-state index contributed by atoms with van der Waals surface area (Å²) in [5.41, 5.74) is 1.37. The van der Waals surface area contributed by atoms with Crippen LogP contribution < -0.4 is 0 Å². The second-order valence-corrected chi connectivity index (χ2v) is 5.59. The van der Waals surface area contributed by atoms with Crippen molar-refractivity contribution in [2.24, 2.45) is 0 Å². The van der Waals surface area contributed by atoms with Crippen molar-refractivity contribution in [3.8, 4) is 0 Å². The molecule has 1 unspecified atom stereocenters. The molecule has 0 N–H and O–H groups in total. The topological polar surface area (TPSA) is 69.7 Å². The van der Waals surface area contributed by atoms with E-state index in [0.717, 1.165) is 5.56 Å². The van der Waals surface area contributed by atoms with Gasteiger partial charge in [-0.1, -0.05) is 17.7 Å². The molecule has 0 bridgehead atoms. The maximum absolute atomic E-state index is 11.9. The first-order valence-electron chi connectivity index (χ1n) is 5.27. The molecule has 1 aromatic carbocycles. The van der Waals surface area contributed by atoms with E-state index in [1.54, 1.807) is 19.1 Å². The van der Waals surface area contributed by atoms with Crippen LogP contribution in [0, 0.1) is 6.92 Å². The van der Waals surface area contributed by atoms with Gasteiger partial charge in [-0.15, -0.1) is 0 Å². The monoisotopic (exact) mass is 268 g/mol. The second kappa shape index (κ2) is 4.55. The van der Waals surface area contributed by atoms with Gasteiger partial charge in [0.25, 0.3) is 0 Å². The van der Waals surface area contributed by atoms with Crippen LogP contribution in [0.15, 0.2) is 40.8 Å². The van der Waals surface area contributed by atoms with Crippen LogP contribution in [0.25, 0.3) is 0 Å². The summed E-state index contributed by atoms with van der Waals surface area (Å²) >= 11 is 0. The highest BCUT2D eigenvalue weighted by Gasteiger charge is 2.30. The van der Waals surface area contributed by atoms with Gasteiger partial charge < -0.3 is 4.74 Å². The Kier molecular flexibility index (Phi) is 3.23. The Balaban J connectivity index is 2.21. The van der Waals surface area contributed by atoms with Crippen LogP contribution in [0.2, 0.25) is 0 Å². The molecule has 0 spiro atoms. The summed E-state index contributed by atoms with van der Waals surface area (Å²) in [5.74, 6) is -0.600. The molecule has 0 saturated carbocycles. The van der Waals surface area contributed by atoms with Crippen LogP contribution in [-0.2, 0) is 23.8 Å². The number of benzene rings is 1. The van der Waals surface area contributed by atoms with E-state index in [1.807, 2.05) is 6.92 Å². The molecule has 0 radical (unpaired) electrons. The first-order chi connectivity index (χ1) is 8.38. The average Bonchev–Trinajstić information content (AvgIpc) is 2.57. The third-order valence-electron chi connectivity index (χ3n) is 2.46. The zero-order valence-electron chi connectivity index (χ0n) is 9.91. The van der Waals surface area contributed by atoms with E-state index < -0.39 is 22.4 Å². The molecular weight excluding hydrogens is 256 g/mol. The number of hydrogen-bond donors (Lipinski definition) is 0. The minimum absolute atomic E-state index is 0.0313. The molecule has 0 aliphatic carbocycles. The smallest absolute Gasteiger partial charge is 0.333 e. The van der Waals surface area contributed by atoms with Crippen LogP contribution in [0.4, 0.5) is 0 Å². The second-order valence-electron chi connectivity index (χ2n) is 4.02. The number of aryl methyl sites for hydroxylation is 1. The van der Waals surface area contributed by atoms with Crippen molar-refractivity contribution in [1.82, 2.24) is 0 Å². The third-order valence-corrected chi connectivity index (χ3v) is 3.74. The Bertz CT molecular complexity index is 598. The highest BCUT2D eigenvalue weighted by Crippen LogP contribution is 2.22. The van der Waals surface area contributed by atoms with Gasteiger partial charge in [0.2, 0.25) is 6.29 Å². The third kappa shape index (κ3) is 2.60. The number of rotatable bonds is 3. The van der Waals surface area contributed by atoms with Crippen LogP contribution in [0.1, 0.15) is 12.5 Å². The van der Waals surface area contributed by atoms with Gasteiger partial charge in [0, 0.05) is 11.6 Å².